The van der Waals surface area contributed by atoms with Gasteiger partial charge in [-0.25, -0.2) is 4.79 Å². The van der Waals surface area contributed by atoms with Crippen molar-refractivity contribution < 1.29 is 48.0 Å². The van der Waals surface area contributed by atoms with E-state index in [2.05, 4.69) is 10.3 Å². The third-order valence-electron chi connectivity index (χ3n) is 12.1. The lowest BCUT2D eigenvalue weighted by molar-refractivity contribution is -0.296. The van der Waals surface area contributed by atoms with Crippen molar-refractivity contribution in [2.75, 3.05) is 20.7 Å². The number of Topliss-reactive ketones (excluding diaryl/α,β-unsaturated/α-hetero) is 2. The maximum absolute atomic E-state index is 14.5. The van der Waals surface area contributed by atoms with E-state index in [1.54, 1.807) is 40.8 Å². The molecule has 13 atom stereocenters. The van der Waals surface area contributed by atoms with E-state index in [1.807, 2.05) is 75.3 Å². The van der Waals surface area contributed by atoms with Crippen LogP contribution in [0.3, 0.4) is 0 Å². The van der Waals surface area contributed by atoms with Gasteiger partial charge in [-0.3, -0.25) is 19.4 Å². The van der Waals surface area contributed by atoms with Gasteiger partial charge in [-0.2, -0.15) is 0 Å². The number of carbonyl (C=O) groups excluding carboxylic acids is 4. The van der Waals surface area contributed by atoms with Crippen LogP contribution < -0.4 is 5.32 Å². The number of carbonyl (C=O) groups is 4. The summed E-state index contributed by atoms with van der Waals surface area (Å²) in [5.74, 6) is -5.10. The van der Waals surface area contributed by atoms with Crippen molar-refractivity contribution in [3.05, 3.63) is 48.2 Å². The van der Waals surface area contributed by atoms with Crippen molar-refractivity contribution in [1.29, 1.82) is 0 Å². The number of likely N-dealkylation sites (N-methyl/N-ethyl adjacent to an activating group) is 1. The van der Waals surface area contributed by atoms with Crippen molar-refractivity contribution in [1.82, 2.24) is 15.2 Å². The second kappa shape index (κ2) is 17.8. The molecule has 4 heterocycles. The van der Waals surface area contributed by atoms with Crippen LogP contribution in [-0.4, -0.2) is 113 Å². The molecule has 0 aliphatic carbocycles. The van der Waals surface area contributed by atoms with E-state index < -0.39 is 83.4 Å². The zero-order chi connectivity index (χ0) is 41.1. The predicted molar refractivity (Wildman–Crippen MR) is 210 cm³/mol. The quantitative estimate of drug-likeness (QED) is 0.243. The lowest BCUT2D eigenvalue weighted by Crippen LogP contribution is -2.60. The summed E-state index contributed by atoms with van der Waals surface area (Å²) >= 11 is 0. The zero-order valence-electron chi connectivity index (χ0n) is 34.5. The van der Waals surface area contributed by atoms with Gasteiger partial charge in [0.05, 0.1) is 36.0 Å². The van der Waals surface area contributed by atoms with E-state index in [-0.39, 0.29) is 31.0 Å². The number of amides is 1. The smallest absolute Gasteiger partial charge is 0.408 e. The Labute approximate surface area is 330 Å². The van der Waals surface area contributed by atoms with E-state index in [0.29, 0.717) is 19.3 Å². The van der Waals surface area contributed by atoms with Crippen LogP contribution in [0.1, 0.15) is 86.6 Å². The molecular formula is C43H61N3O10. The van der Waals surface area contributed by atoms with Crippen LogP contribution in [0.25, 0.3) is 17.0 Å². The SMILES string of the molecule is CCC[C@H]1OC(=O)[C@H](C)C(=O)[C@H](C)[C@@H](O[C@@H]2O[C@H](C)C[C@H](N(C)C)[C@H]2O)[C@](C)(OC/C=C/c2ccnc3ccccc23)C[C@@H](C)C(=O)[C@H](C)[C@@H]2NC(=O)O[C@]12C. The van der Waals surface area contributed by atoms with Crippen molar-refractivity contribution in [3.8, 4) is 0 Å². The highest BCUT2D eigenvalue weighted by Gasteiger charge is 2.57. The molecule has 1 amide bonds. The van der Waals surface area contributed by atoms with Gasteiger partial charge in [0.2, 0.25) is 0 Å². The first-order chi connectivity index (χ1) is 26.4. The number of aliphatic hydroxyl groups is 1. The first kappa shape index (κ1) is 43.4. The van der Waals surface area contributed by atoms with Crippen LogP contribution in [0, 0.1) is 23.7 Å². The van der Waals surface area contributed by atoms with E-state index >= 15 is 0 Å². The molecule has 3 fully saturated rings. The Kier molecular flexibility index (Phi) is 13.8. The van der Waals surface area contributed by atoms with Gasteiger partial charge in [0.25, 0.3) is 0 Å². The number of cyclic esters (lactones) is 1. The average Bonchev–Trinajstić information content (AvgIpc) is 3.48. The molecule has 56 heavy (non-hydrogen) atoms. The summed E-state index contributed by atoms with van der Waals surface area (Å²) < 4.78 is 31.6. The minimum absolute atomic E-state index is 0.0655. The number of aliphatic hydroxyl groups excluding tert-OH is 1. The fraction of sp³-hybridized carbons (Fsp3) is 0.651. The van der Waals surface area contributed by atoms with Crippen LogP contribution >= 0.6 is 0 Å². The number of alkyl carbamates (subject to hydrolysis) is 1. The third-order valence-corrected chi connectivity index (χ3v) is 12.1. The predicted octanol–water partition coefficient (Wildman–Crippen LogP) is 5.50. The summed E-state index contributed by atoms with van der Waals surface area (Å²) in [4.78, 5) is 62.1. The topological polar surface area (TPSA) is 163 Å². The number of hydrogen-bond donors (Lipinski definition) is 2. The highest BCUT2D eigenvalue weighted by atomic mass is 16.7. The molecule has 0 radical (unpaired) electrons. The Balaban J connectivity index is 1.58. The van der Waals surface area contributed by atoms with E-state index in [0.717, 1.165) is 16.5 Å². The lowest BCUT2D eigenvalue weighted by atomic mass is 9.73. The second-order valence-corrected chi connectivity index (χ2v) is 16.7. The minimum atomic E-state index is -1.38. The Hall–Kier alpha value is -3.75. The number of esters is 1. The molecule has 0 saturated carbocycles. The number of hydrogen-bond acceptors (Lipinski definition) is 12. The van der Waals surface area contributed by atoms with Crippen LogP contribution in [0.5, 0.6) is 0 Å². The van der Waals surface area contributed by atoms with Gasteiger partial charge in [-0.15, -0.1) is 0 Å². The van der Waals surface area contributed by atoms with Crippen LogP contribution in [0.2, 0.25) is 0 Å². The third kappa shape index (κ3) is 9.02. The summed E-state index contributed by atoms with van der Waals surface area (Å²) in [5, 5.41) is 15.4. The average molecular weight is 780 g/mol. The van der Waals surface area contributed by atoms with Crippen LogP contribution in [-0.2, 0) is 38.1 Å². The molecule has 2 aromatic rings. The molecule has 1 aromatic heterocycles. The first-order valence-electron chi connectivity index (χ1n) is 20.0. The normalized spacial score (nSPS) is 37.6. The number of rotatable bonds is 9. The molecule has 13 heteroatoms. The highest BCUT2D eigenvalue weighted by molar-refractivity contribution is 6.00. The summed E-state index contributed by atoms with van der Waals surface area (Å²) in [6, 6.07) is 8.59. The zero-order valence-corrected chi connectivity index (χ0v) is 34.5. The number of para-hydroxylation sites is 1. The Morgan fingerprint density at radius 2 is 1.73 bits per heavy atom. The van der Waals surface area contributed by atoms with Crippen LogP contribution in [0.4, 0.5) is 4.79 Å². The van der Waals surface area contributed by atoms with Gasteiger partial charge in [-0.05, 0) is 78.7 Å². The number of fused-ring (bicyclic) bond motifs is 2. The number of nitrogens with zero attached hydrogens (tertiary/aromatic N) is 2. The number of nitrogens with one attached hydrogen (secondary N) is 1. The Morgan fingerprint density at radius 3 is 2.43 bits per heavy atom. The number of pyridine rings is 1. The fourth-order valence-corrected chi connectivity index (χ4v) is 8.92. The van der Waals surface area contributed by atoms with E-state index in [4.69, 9.17) is 23.7 Å². The number of ether oxygens (including phenoxy) is 5. The molecule has 3 saturated heterocycles. The summed E-state index contributed by atoms with van der Waals surface area (Å²) in [5.41, 5.74) is -0.953. The van der Waals surface area contributed by atoms with Gasteiger partial charge < -0.3 is 39.0 Å². The molecule has 0 bridgehead atoms. The number of benzene rings is 1. The van der Waals surface area contributed by atoms with Gasteiger partial charge in [0.15, 0.2) is 17.7 Å². The molecule has 3 aliphatic rings. The Morgan fingerprint density at radius 1 is 1.02 bits per heavy atom. The molecule has 308 valence electrons. The van der Waals surface area contributed by atoms with Crippen molar-refractivity contribution >= 4 is 40.6 Å². The number of ketones is 2. The van der Waals surface area contributed by atoms with Crippen molar-refractivity contribution in [2.45, 2.75) is 135 Å². The highest BCUT2D eigenvalue weighted by Crippen LogP contribution is 2.40. The second-order valence-electron chi connectivity index (χ2n) is 16.7. The molecule has 0 unspecified atom stereocenters. The summed E-state index contributed by atoms with van der Waals surface area (Å²) in [7, 11) is 3.75. The van der Waals surface area contributed by atoms with E-state index in [9.17, 15) is 24.3 Å². The van der Waals surface area contributed by atoms with Gasteiger partial charge in [0.1, 0.15) is 23.9 Å². The minimum Gasteiger partial charge on any atom is -0.457 e. The lowest BCUT2D eigenvalue weighted by Gasteiger charge is -2.47. The molecule has 13 nitrogen and oxygen atoms in total. The summed E-state index contributed by atoms with van der Waals surface area (Å²) in [6.45, 7) is 14.1. The number of aromatic nitrogens is 1. The van der Waals surface area contributed by atoms with Gasteiger partial charge in [-0.1, -0.05) is 64.5 Å². The first-order valence-corrected chi connectivity index (χ1v) is 20.0. The standard InChI is InChI=1S/C43H61N3O10/c1-11-15-33-43(8)37(45-41(51)56-43)26(4)34(47)24(2)23-42(7,52-21-14-16-29-19-20-44-31-18-13-12-17-30(29)31)38(27(5)35(48)28(6)39(50)54-33)55-40-36(49)32(46(9)10)22-25(3)53-40/h12-14,16-20,24-28,32-33,36-38,40,49H,11,15,21-23H2,1-10H3,(H,45,51)/b16-14+/t24-,25-,26+,27+,28-,32+,33-,36-,37+,38-,40+,42-,43-/m1/s1. The summed E-state index contributed by atoms with van der Waals surface area (Å²) in [6.07, 6.45) is 1.84. The Bertz CT molecular complexity index is 1760. The molecule has 2 N–H and O–H groups in total. The van der Waals surface area contributed by atoms with Gasteiger partial charge in [0, 0.05) is 35.4 Å². The van der Waals surface area contributed by atoms with Crippen LogP contribution in [0.15, 0.2) is 42.6 Å². The maximum atomic E-state index is 14.5. The molecule has 1 aromatic carbocycles. The fourth-order valence-electron chi connectivity index (χ4n) is 8.92. The largest absolute Gasteiger partial charge is 0.457 e. The van der Waals surface area contributed by atoms with Gasteiger partial charge >= 0.3 is 12.1 Å². The molecular weight excluding hydrogens is 718 g/mol. The van der Waals surface area contributed by atoms with E-state index in [1.165, 1.54) is 6.92 Å². The molecule has 0 spiro atoms. The monoisotopic (exact) mass is 779 g/mol. The molecule has 3 aliphatic heterocycles. The maximum Gasteiger partial charge on any atom is 0.408 e. The molecule has 5 rings (SSSR count). The van der Waals surface area contributed by atoms with Crippen molar-refractivity contribution in [2.24, 2.45) is 23.7 Å². The van der Waals surface area contributed by atoms with Crippen molar-refractivity contribution in [3.63, 3.8) is 0 Å².